The largest absolute Gasteiger partial charge is 0.362 e. The van der Waals surface area contributed by atoms with Crippen molar-refractivity contribution in [1.29, 1.82) is 0 Å². The van der Waals surface area contributed by atoms with E-state index in [9.17, 15) is 10.1 Å². The molecule has 0 amide bonds. The van der Waals surface area contributed by atoms with Crippen molar-refractivity contribution in [3.05, 3.63) is 28.4 Å². The molecule has 0 radical (unpaired) electrons. The summed E-state index contributed by atoms with van der Waals surface area (Å²) in [7, 11) is 0. The predicted octanol–water partition coefficient (Wildman–Crippen LogP) is 3.37. The van der Waals surface area contributed by atoms with Crippen LogP contribution in [0.3, 0.4) is 0 Å². The standard InChI is InChI=1S/C13H19N3O2/c1-2-10-5-7-11(8-6-10)15-13-12(16(17)18)4-3-9-14-13/h3-4,9-11H,2,5-8H2,1H3,(H,14,15). The molecule has 0 bridgehead atoms. The van der Waals surface area contributed by atoms with E-state index in [0.29, 0.717) is 11.9 Å². The van der Waals surface area contributed by atoms with Crippen LogP contribution in [0.5, 0.6) is 0 Å². The summed E-state index contributed by atoms with van der Waals surface area (Å²) in [6.45, 7) is 2.22. The van der Waals surface area contributed by atoms with Crippen LogP contribution in [-0.2, 0) is 0 Å². The lowest BCUT2D eigenvalue weighted by molar-refractivity contribution is -0.384. The molecule has 5 nitrogen and oxygen atoms in total. The summed E-state index contributed by atoms with van der Waals surface area (Å²) in [4.78, 5) is 14.6. The van der Waals surface area contributed by atoms with Gasteiger partial charge in [-0.15, -0.1) is 0 Å². The Bertz CT molecular complexity index is 414. The number of pyridine rings is 1. The zero-order chi connectivity index (χ0) is 13.0. The minimum atomic E-state index is -0.382. The van der Waals surface area contributed by atoms with Gasteiger partial charge in [0.15, 0.2) is 0 Å². The molecule has 1 heterocycles. The van der Waals surface area contributed by atoms with E-state index in [1.807, 2.05) is 0 Å². The zero-order valence-corrected chi connectivity index (χ0v) is 10.6. The zero-order valence-electron chi connectivity index (χ0n) is 10.6. The van der Waals surface area contributed by atoms with E-state index in [0.717, 1.165) is 18.8 Å². The van der Waals surface area contributed by atoms with E-state index >= 15 is 0 Å². The minimum Gasteiger partial charge on any atom is -0.362 e. The van der Waals surface area contributed by atoms with Crippen LogP contribution in [0.4, 0.5) is 11.5 Å². The summed E-state index contributed by atoms with van der Waals surface area (Å²) in [5.41, 5.74) is 0.0649. The first-order chi connectivity index (χ1) is 8.70. The topological polar surface area (TPSA) is 68.1 Å². The second kappa shape index (κ2) is 5.80. The van der Waals surface area contributed by atoms with E-state index in [-0.39, 0.29) is 10.6 Å². The summed E-state index contributed by atoms with van der Waals surface area (Å²) in [6, 6.07) is 3.41. The van der Waals surface area contributed by atoms with E-state index in [1.54, 1.807) is 12.3 Å². The Morgan fingerprint density at radius 1 is 1.44 bits per heavy atom. The molecule has 1 aliphatic rings. The summed E-state index contributed by atoms with van der Waals surface area (Å²) < 4.78 is 0. The highest BCUT2D eigenvalue weighted by Gasteiger charge is 2.22. The first kappa shape index (κ1) is 12.8. The van der Waals surface area contributed by atoms with Crippen molar-refractivity contribution in [3.63, 3.8) is 0 Å². The molecule has 1 saturated carbocycles. The molecule has 0 aliphatic heterocycles. The molecule has 2 rings (SSSR count). The third kappa shape index (κ3) is 2.97. The van der Waals surface area contributed by atoms with Gasteiger partial charge in [-0.2, -0.15) is 0 Å². The fourth-order valence-corrected chi connectivity index (χ4v) is 2.56. The van der Waals surface area contributed by atoms with Crippen LogP contribution in [0.25, 0.3) is 0 Å². The van der Waals surface area contributed by atoms with Gasteiger partial charge in [-0.1, -0.05) is 13.3 Å². The second-order valence-corrected chi connectivity index (χ2v) is 4.90. The van der Waals surface area contributed by atoms with E-state index in [1.165, 1.54) is 25.3 Å². The van der Waals surface area contributed by atoms with E-state index in [2.05, 4.69) is 17.2 Å². The van der Waals surface area contributed by atoms with Gasteiger partial charge < -0.3 is 5.32 Å². The minimum absolute atomic E-state index is 0.0649. The monoisotopic (exact) mass is 249 g/mol. The maximum Gasteiger partial charge on any atom is 0.311 e. The lowest BCUT2D eigenvalue weighted by Crippen LogP contribution is -2.26. The number of nitro groups is 1. The summed E-state index contributed by atoms with van der Waals surface area (Å²) in [6.07, 6.45) is 7.38. The van der Waals surface area contributed by atoms with Gasteiger partial charge in [0.2, 0.25) is 5.82 Å². The quantitative estimate of drug-likeness (QED) is 0.656. The molecule has 1 aliphatic carbocycles. The van der Waals surface area contributed by atoms with Crippen molar-refractivity contribution in [2.24, 2.45) is 5.92 Å². The van der Waals surface area contributed by atoms with Crippen LogP contribution in [-0.4, -0.2) is 15.9 Å². The third-order valence-corrected chi connectivity index (χ3v) is 3.75. The van der Waals surface area contributed by atoms with E-state index < -0.39 is 0 Å². The molecule has 1 aromatic heterocycles. The van der Waals surface area contributed by atoms with Crippen LogP contribution < -0.4 is 5.32 Å². The van der Waals surface area contributed by atoms with Crippen molar-refractivity contribution >= 4 is 11.5 Å². The maximum atomic E-state index is 10.9. The van der Waals surface area contributed by atoms with Gasteiger partial charge in [-0.05, 0) is 37.7 Å². The molecule has 1 fully saturated rings. The Kier molecular flexibility index (Phi) is 4.12. The van der Waals surface area contributed by atoms with Crippen molar-refractivity contribution in [2.75, 3.05) is 5.32 Å². The fraction of sp³-hybridized carbons (Fsp3) is 0.615. The van der Waals surface area contributed by atoms with E-state index in [4.69, 9.17) is 0 Å². The molecule has 1 N–H and O–H groups in total. The average Bonchev–Trinajstić information content (AvgIpc) is 2.40. The van der Waals surface area contributed by atoms with Crippen LogP contribution >= 0.6 is 0 Å². The number of rotatable bonds is 4. The second-order valence-electron chi connectivity index (χ2n) is 4.90. The number of hydrogen-bond donors (Lipinski definition) is 1. The number of anilines is 1. The molecule has 0 unspecified atom stereocenters. The third-order valence-electron chi connectivity index (χ3n) is 3.75. The molecule has 5 heteroatoms. The first-order valence-corrected chi connectivity index (χ1v) is 6.56. The highest BCUT2D eigenvalue weighted by atomic mass is 16.6. The number of aromatic nitrogens is 1. The Balaban J connectivity index is 2.00. The van der Waals surface area contributed by atoms with Crippen LogP contribution in [0.15, 0.2) is 18.3 Å². The molecular weight excluding hydrogens is 230 g/mol. The van der Waals surface area contributed by atoms with Gasteiger partial charge in [0, 0.05) is 18.3 Å². The van der Waals surface area contributed by atoms with Crippen LogP contribution in [0, 0.1) is 16.0 Å². The van der Waals surface area contributed by atoms with Crippen LogP contribution in [0.1, 0.15) is 39.0 Å². The van der Waals surface area contributed by atoms with Gasteiger partial charge in [-0.25, -0.2) is 4.98 Å². The smallest absolute Gasteiger partial charge is 0.311 e. The van der Waals surface area contributed by atoms with Gasteiger partial charge in [0.1, 0.15) is 0 Å². The molecule has 18 heavy (non-hydrogen) atoms. The van der Waals surface area contributed by atoms with Crippen molar-refractivity contribution in [2.45, 2.75) is 45.1 Å². The summed E-state index contributed by atoms with van der Waals surface area (Å²) in [5.74, 6) is 1.23. The Morgan fingerprint density at radius 2 is 2.17 bits per heavy atom. The molecule has 0 saturated heterocycles. The lowest BCUT2D eigenvalue weighted by atomic mass is 9.84. The van der Waals surface area contributed by atoms with Crippen molar-refractivity contribution in [1.82, 2.24) is 4.98 Å². The summed E-state index contributed by atoms with van der Waals surface area (Å²) in [5, 5.41) is 14.1. The van der Waals surface area contributed by atoms with Crippen LogP contribution in [0.2, 0.25) is 0 Å². The number of nitrogens with zero attached hydrogens (tertiary/aromatic N) is 2. The Labute approximate surface area is 107 Å². The van der Waals surface area contributed by atoms with Crippen molar-refractivity contribution < 1.29 is 4.92 Å². The average molecular weight is 249 g/mol. The predicted molar refractivity (Wildman–Crippen MR) is 70.6 cm³/mol. The number of hydrogen-bond acceptors (Lipinski definition) is 4. The molecule has 0 spiro atoms. The molecule has 1 aromatic rings. The molecule has 0 aromatic carbocycles. The maximum absolute atomic E-state index is 10.9. The lowest BCUT2D eigenvalue weighted by Gasteiger charge is -2.28. The van der Waals surface area contributed by atoms with Crippen molar-refractivity contribution in [3.8, 4) is 0 Å². The van der Waals surface area contributed by atoms with Gasteiger partial charge >= 0.3 is 5.69 Å². The molecule has 0 atom stereocenters. The Morgan fingerprint density at radius 3 is 2.78 bits per heavy atom. The molecule has 98 valence electrons. The van der Waals surface area contributed by atoms with Gasteiger partial charge in [0.25, 0.3) is 0 Å². The number of nitrogens with one attached hydrogen (secondary N) is 1. The Hall–Kier alpha value is -1.65. The van der Waals surface area contributed by atoms with Gasteiger partial charge in [-0.3, -0.25) is 10.1 Å². The first-order valence-electron chi connectivity index (χ1n) is 6.56. The summed E-state index contributed by atoms with van der Waals surface area (Å²) >= 11 is 0. The fourth-order valence-electron chi connectivity index (χ4n) is 2.56. The normalized spacial score (nSPS) is 23.6. The molecular formula is C13H19N3O2. The highest BCUT2D eigenvalue weighted by molar-refractivity contribution is 5.55. The SMILES string of the molecule is CCC1CCC(Nc2ncccc2[N+](=O)[O-])CC1. The highest BCUT2D eigenvalue weighted by Crippen LogP contribution is 2.30. The van der Waals surface area contributed by atoms with Gasteiger partial charge in [0.05, 0.1) is 4.92 Å².